The molecule has 4 nitrogen and oxygen atoms in total. The van der Waals surface area contributed by atoms with E-state index in [0.29, 0.717) is 11.9 Å². The van der Waals surface area contributed by atoms with Gasteiger partial charge in [-0.25, -0.2) is 4.98 Å². The Bertz CT molecular complexity index is 571. The van der Waals surface area contributed by atoms with E-state index < -0.39 is 0 Å². The Morgan fingerprint density at radius 2 is 2.18 bits per heavy atom. The molecule has 1 aliphatic heterocycles. The number of rotatable bonds is 2. The molecule has 88 valence electrons. The molecule has 0 bridgehead atoms. The van der Waals surface area contributed by atoms with E-state index >= 15 is 0 Å². The quantitative estimate of drug-likeness (QED) is 0.926. The van der Waals surface area contributed by atoms with Crippen LogP contribution in [-0.2, 0) is 6.42 Å². The van der Waals surface area contributed by atoms with Crippen molar-refractivity contribution in [2.45, 2.75) is 6.42 Å². The largest absolute Gasteiger partial charge is 0.454 e. The second kappa shape index (κ2) is 4.19. The maximum absolute atomic E-state index is 5.66. The molecule has 17 heavy (non-hydrogen) atoms. The second-order valence-corrected chi connectivity index (χ2v) is 5.50. The van der Waals surface area contributed by atoms with Crippen LogP contribution in [0.5, 0.6) is 11.5 Å². The Kier molecular flexibility index (Phi) is 2.68. The number of nitrogens with two attached hydrogens (primary N) is 1. The average molecular weight is 313 g/mol. The molecule has 3 rings (SSSR count). The molecule has 2 aromatic rings. The Morgan fingerprint density at radius 3 is 2.94 bits per heavy atom. The van der Waals surface area contributed by atoms with Gasteiger partial charge in [-0.15, -0.1) is 11.3 Å². The molecule has 2 heterocycles. The van der Waals surface area contributed by atoms with Crippen molar-refractivity contribution in [2.24, 2.45) is 0 Å². The monoisotopic (exact) mass is 312 g/mol. The van der Waals surface area contributed by atoms with Crippen LogP contribution < -0.4 is 15.2 Å². The molecule has 1 aliphatic rings. The maximum atomic E-state index is 5.66. The lowest BCUT2D eigenvalue weighted by Crippen LogP contribution is -1.93. The topological polar surface area (TPSA) is 57.4 Å². The number of thiazole rings is 1. The molecule has 0 saturated heterocycles. The van der Waals surface area contributed by atoms with Gasteiger partial charge in [0.25, 0.3) is 0 Å². The Hall–Kier alpha value is -1.27. The van der Waals surface area contributed by atoms with Gasteiger partial charge in [0, 0.05) is 11.3 Å². The number of fused-ring (bicyclic) bond motifs is 1. The third kappa shape index (κ3) is 2.10. The molecule has 0 spiro atoms. The standard InChI is InChI=1S/C11H9BrN2O2S/c12-10-9(17-11(13)14-10)4-6-1-2-7-8(3-6)16-5-15-7/h1-3H,4-5H2,(H2,13,14). The molecule has 0 unspecified atom stereocenters. The Morgan fingerprint density at radius 1 is 1.35 bits per heavy atom. The fraction of sp³-hybridized carbons (Fsp3) is 0.182. The fourth-order valence-corrected chi connectivity index (χ4v) is 3.15. The highest BCUT2D eigenvalue weighted by atomic mass is 79.9. The molecule has 2 N–H and O–H groups in total. The fourth-order valence-electron chi connectivity index (χ4n) is 1.70. The van der Waals surface area contributed by atoms with Crippen molar-refractivity contribution in [2.75, 3.05) is 12.5 Å². The lowest BCUT2D eigenvalue weighted by atomic mass is 10.1. The van der Waals surface area contributed by atoms with Crippen molar-refractivity contribution in [3.05, 3.63) is 33.2 Å². The van der Waals surface area contributed by atoms with E-state index in [1.807, 2.05) is 18.2 Å². The number of anilines is 1. The van der Waals surface area contributed by atoms with Gasteiger partial charge in [-0.1, -0.05) is 6.07 Å². The predicted molar refractivity (Wildman–Crippen MR) is 69.6 cm³/mol. The maximum Gasteiger partial charge on any atom is 0.231 e. The zero-order chi connectivity index (χ0) is 11.8. The predicted octanol–water partition coefficient (Wildman–Crippen LogP) is 2.81. The highest BCUT2D eigenvalue weighted by molar-refractivity contribution is 9.10. The minimum atomic E-state index is 0.302. The van der Waals surface area contributed by atoms with Crippen LogP contribution in [0.25, 0.3) is 0 Å². The van der Waals surface area contributed by atoms with Crippen LogP contribution in [-0.4, -0.2) is 11.8 Å². The van der Waals surface area contributed by atoms with E-state index in [2.05, 4.69) is 20.9 Å². The number of hydrogen-bond acceptors (Lipinski definition) is 5. The first-order valence-electron chi connectivity index (χ1n) is 5.01. The number of ether oxygens (including phenoxy) is 2. The summed E-state index contributed by atoms with van der Waals surface area (Å²) in [6.07, 6.45) is 0.784. The molecule has 0 atom stereocenters. The summed E-state index contributed by atoms with van der Waals surface area (Å²) in [4.78, 5) is 5.25. The van der Waals surface area contributed by atoms with Crippen molar-refractivity contribution in [3.63, 3.8) is 0 Å². The van der Waals surface area contributed by atoms with Gasteiger partial charge in [-0.05, 0) is 33.6 Å². The number of aromatic nitrogens is 1. The molecule has 0 radical (unpaired) electrons. The van der Waals surface area contributed by atoms with Crippen LogP contribution >= 0.6 is 27.3 Å². The van der Waals surface area contributed by atoms with E-state index in [4.69, 9.17) is 15.2 Å². The summed E-state index contributed by atoms with van der Waals surface area (Å²) < 4.78 is 11.4. The van der Waals surface area contributed by atoms with Crippen molar-refractivity contribution in [1.82, 2.24) is 4.98 Å². The molecule has 0 saturated carbocycles. The molecule has 1 aromatic heterocycles. The number of halogens is 1. The van der Waals surface area contributed by atoms with E-state index in [-0.39, 0.29) is 0 Å². The summed E-state index contributed by atoms with van der Waals surface area (Å²) in [5.74, 6) is 1.60. The van der Waals surface area contributed by atoms with Crippen molar-refractivity contribution in [1.29, 1.82) is 0 Å². The van der Waals surface area contributed by atoms with Crippen LogP contribution in [0, 0.1) is 0 Å². The summed E-state index contributed by atoms with van der Waals surface area (Å²) in [6, 6.07) is 5.94. The first kappa shape index (κ1) is 10.9. The van der Waals surface area contributed by atoms with Gasteiger partial charge in [0.05, 0.1) is 0 Å². The summed E-state index contributed by atoms with van der Waals surface area (Å²) in [5.41, 5.74) is 6.81. The number of benzene rings is 1. The normalized spacial score (nSPS) is 13.0. The highest BCUT2D eigenvalue weighted by Gasteiger charge is 2.14. The summed E-state index contributed by atoms with van der Waals surface area (Å²) in [7, 11) is 0. The summed E-state index contributed by atoms with van der Waals surface area (Å²) in [5, 5.41) is 0.576. The molecular weight excluding hydrogens is 304 g/mol. The number of hydrogen-bond donors (Lipinski definition) is 1. The minimum absolute atomic E-state index is 0.302. The summed E-state index contributed by atoms with van der Waals surface area (Å²) in [6.45, 7) is 0.302. The molecule has 0 amide bonds. The lowest BCUT2D eigenvalue weighted by Gasteiger charge is -2.01. The minimum Gasteiger partial charge on any atom is -0.454 e. The van der Waals surface area contributed by atoms with Crippen LogP contribution in [0.1, 0.15) is 10.4 Å². The van der Waals surface area contributed by atoms with Gasteiger partial charge >= 0.3 is 0 Å². The second-order valence-electron chi connectivity index (χ2n) is 3.63. The molecule has 1 aromatic carbocycles. The van der Waals surface area contributed by atoms with Gasteiger partial charge in [-0.3, -0.25) is 0 Å². The first-order chi connectivity index (χ1) is 8.22. The third-order valence-electron chi connectivity index (χ3n) is 2.47. The number of nitrogens with zero attached hydrogens (tertiary/aromatic N) is 1. The van der Waals surface area contributed by atoms with E-state index in [1.165, 1.54) is 11.3 Å². The highest BCUT2D eigenvalue weighted by Crippen LogP contribution is 2.34. The van der Waals surface area contributed by atoms with Gasteiger partial charge in [0.15, 0.2) is 16.6 Å². The third-order valence-corrected chi connectivity index (χ3v) is 4.27. The zero-order valence-electron chi connectivity index (χ0n) is 8.77. The van der Waals surface area contributed by atoms with Crippen LogP contribution in [0.4, 0.5) is 5.13 Å². The smallest absolute Gasteiger partial charge is 0.231 e. The molecular formula is C11H9BrN2O2S. The van der Waals surface area contributed by atoms with Gasteiger partial charge in [0.1, 0.15) is 4.60 Å². The zero-order valence-corrected chi connectivity index (χ0v) is 11.2. The summed E-state index contributed by atoms with van der Waals surface area (Å²) >= 11 is 4.89. The van der Waals surface area contributed by atoms with Crippen LogP contribution in [0.3, 0.4) is 0 Å². The van der Waals surface area contributed by atoms with E-state index in [0.717, 1.165) is 33.0 Å². The SMILES string of the molecule is Nc1nc(Br)c(Cc2ccc3c(c2)OCO3)s1. The number of nitrogen functional groups attached to an aromatic ring is 1. The van der Waals surface area contributed by atoms with Crippen molar-refractivity contribution in [3.8, 4) is 11.5 Å². The van der Waals surface area contributed by atoms with Crippen molar-refractivity contribution < 1.29 is 9.47 Å². The van der Waals surface area contributed by atoms with Gasteiger partial charge < -0.3 is 15.2 Å². The first-order valence-corrected chi connectivity index (χ1v) is 6.62. The van der Waals surface area contributed by atoms with Gasteiger partial charge in [-0.2, -0.15) is 0 Å². The Balaban J connectivity index is 1.88. The van der Waals surface area contributed by atoms with E-state index in [1.54, 1.807) is 0 Å². The van der Waals surface area contributed by atoms with Crippen LogP contribution in [0.15, 0.2) is 22.8 Å². The van der Waals surface area contributed by atoms with E-state index in [9.17, 15) is 0 Å². The van der Waals surface area contributed by atoms with Gasteiger partial charge in [0.2, 0.25) is 6.79 Å². The Labute approximate surface area is 111 Å². The average Bonchev–Trinajstić information content (AvgIpc) is 2.85. The lowest BCUT2D eigenvalue weighted by molar-refractivity contribution is 0.174. The molecule has 0 aliphatic carbocycles. The molecule has 6 heteroatoms. The van der Waals surface area contributed by atoms with Crippen LogP contribution in [0.2, 0.25) is 0 Å². The molecule has 0 fully saturated rings. The van der Waals surface area contributed by atoms with Crippen molar-refractivity contribution >= 4 is 32.4 Å².